The number of carbonyl (C=O) groups is 2. The van der Waals surface area contributed by atoms with E-state index in [0.717, 1.165) is 16.7 Å². The standard InChI is InChI=1S/C21H23F2NO5/c1-13-4-6-16(10-14(13)2)20(26)28-12-19(25)24-9-8-15-5-7-17(29-21(22)23)18(11-15)27-3/h4-7,10-11,21H,8-9,12H2,1-3H3,(H,24,25). The zero-order chi connectivity index (χ0) is 21.4. The highest BCUT2D eigenvalue weighted by Gasteiger charge is 2.12. The second-order valence-electron chi connectivity index (χ2n) is 6.34. The number of methoxy groups -OCH3 is 1. The average molecular weight is 407 g/mol. The number of hydrogen-bond donors (Lipinski definition) is 1. The van der Waals surface area contributed by atoms with Gasteiger partial charge in [0.25, 0.3) is 5.91 Å². The molecule has 0 spiro atoms. The van der Waals surface area contributed by atoms with E-state index in [4.69, 9.17) is 9.47 Å². The highest BCUT2D eigenvalue weighted by Crippen LogP contribution is 2.29. The molecule has 0 aliphatic heterocycles. The monoisotopic (exact) mass is 407 g/mol. The summed E-state index contributed by atoms with van der Waals surface area (Å²) >= 11 is 0. The molecule has 0 saturated carbocycles. The molecule has 1 N–H and O–H groups in total. The van der Waals surface area contributed by atoms with E-state index < -0.39 is 25.1 Å². The highest BCUT2D eigenvalue weighted by molar-refractivity contribution is 5.91. The van der Waals surface area contributed by atoms with Gasteiger partial charge in [0.05, 0.1) is 12.7 Å². The van der Waals surface area contributed by atoms with Crippen LogP contribution in [0.5, 0.6) is 11.5 Å². The summed E-state index contributed by atoms with van der Waals surface area (Å²) < 4.78 is 39.1. The maximum absolute atomic E-state index is 12.3. The van der Waals surface area contributed by atoms with Crippen LogP contribution in [0.1, 0.15) is 27.0 Å². The third-order valence-electron chi connectivity index (χ3n) is 4.26. The van der Waals surface area contributed by atoms with E-state index in [-0.39, 0.29) is 18.0 Å². The SMILES string of the molecule is COc1cc(CCNC(=O)COC(=O)c2ccc(C)c(C)c2)ccc1OC(F)F. The van der Waals surface area contributed by atoms with Crippen molar-refractivity contribution in [1.82, 2.24) is 5.32 Å². The number of benzene rings is 2. The van der Waals surface area contributed by atoms with E-state index >= 15 is 0 Å². The Hall–Kier alpha value is -3.16. The lowest BCUT2D eigenvalue weighted by Crippen LogP contribution is -2.30. The molecular weight excluding hydrogens is 384 g/mol. The quantitative estimate of drug-likeness (QED) is 0.645. The van der Waals surface area contributed by atoms with Gasteiger partial charge in [0, 0.05) is 6.54 Å². The topological polar surface area (TPSA) is 73.9 Å². The van der Waals surface area contributed by atoms with Gasteiger partial charge in [0.2, 0.25) is 0 Å². The Morgan fingerprint density at radius 2 is 1.79 bits per heavy atom. The number of alkyl halides is 2. The molecule has 6 nitrogen and oxygen atoms in total. The van der Waals surface area contributed by atoms with Gasteiger partial charge in [-0.05, 0) is 61.2 Å². The molecule has 0 aliphatic carbocycles. The summed E-state index contributed by atoms with van der Waals surface area (Å²) in [7, 11) is 1.35. The number of halogens is 2. The van der Waals surface area contributed by atoms with Crippen LogP contribution >= 0.6 is 0 Å². The van der Waals surface area contributed by atoms with Crippen molar-refractivity contribution in [2.75, 3.05) is 20.3 Å². The van der Waals surface area contributed by atoms with Gasteiger partial charge >= 0.3 is 12.6 Å². The molecule has 0 unspecified atom stereocenters. The zero-order valence-corrected chi connectivity index (χ0v) is 16.5. The summed E-state index contributed by atoms with van der Waals surface area (Å²) in [5, 5.41) is 2.63. The molecule has 8 heteroatoms. The van der Waals surface area contributed by atoms with Gasteiger partial charge in [-0.2, -0.15) is 8.78 Å². The lowest BCUT2D eigenvalue weighted by molar-refractivity contribution is -0.124. The molecule has 0 saturated heterocycles. The second kappa shape index (κ2) is 10.4. The largest absolute Gasteiger partial charge is 0.493 e. The molecule has 0 heterocycles. The van der Waals surface area contributed by atoms with Crippen molar-refractivity contribution in [3.8, 4) is 11.5 Å². The minimum Gasteiger partial charge on any atom is -0.493 e. The summed E-state index contributed by atoms with van der Waals surface area (Å²) in [4.78, 5) is 23.9. The fraction of sp³-hybridized carbons (Fsp3) is 0.333. The van der Waals surface area contributed by atoms with Crippen LogP contribution in [-0.2, 0) is 16.0 Å². The van der Waals surface area contributed by atoms with Crippen LogP contribution in [0.3, 0.4) is 0 Å². The van der Waals surface area contributed by atoms with Gasteiger partial charge in [0.1, 0.15) is 0 Å². The molecule has 0 atom stereocenters. The first-order chi connectivity index (χ1) is 13.8. The molecule has 156 valence electrons. The Balaban J connectivity index is 1.79. The van der Waals surface area contributed by atoms with Crippen LogP contribution < -0.4 is 14.8 Å². The number of rotatable bonds is 9. The summed E-state index contributed by atoms with van der Waals surface area (Å²) in [6, 6.07) is 9.73. The van der Waals surface area contributed by atoms with E-state index in [1.54, 1.807) is 24.3 Å². The van der Waals surface area contributed by atoms with E-state index in [9.17, 15) is 18.4 Å². The van der Waals surface area contributed by atoms with Crippen molar-refractivity contribution >= 4 is 11.9 Å². The molecule has 2 rings (SSSR count). The summed E-state index contributed by atoms with van der Waals surface area (Å²) in [5.41, 5.74) is 3.17. The summed E-state index contributed by atoms with van der Waals surface area (Å²) in [5.74, 6) is -0.889. The van der Waals surface area contributed by atoms with E-state index in [2.05, 4.69) is 10.1 Å². The van der Waals surface area contributed by atoms with Gasteiger partial charge < -0.3 is 19.5 Å². The third-order valence-corrected chi connectivity index (χ3v) is 4.26. The predicted molar refractivity (Wildman–Crippen MR) is 103 cm³/mol. The molecule has 0 radical (unpaired) electrons. The van der Waals surface area contributed by atoms with Crippen molar-refractivity contribution in [2.45, 2.75) is 26.9 Å². The fourth-order valence-corrected chi connectivity index (χ4v) is 2.54. The minimum absolute atomic E-state index is 0.0615. The van der Waals surface area contributed by atoms with Crippen LogP contribution in [0.4, 0.5) is 8.78 Å². The molecule has 29 heavy (non-hydrogen) atoms. The number of hydrogen-bond acceptors (Lipinski definition) is 5. The molecular formula is C21H23F2NO5. The molecule has 2 aromatic rings. The zero-order valence-electron chi connectivity index (χ0n) is 16.5. The Kier molecular flexibility index (Phi) is 7.94. The molecule has 0 aromatic heterocycles. The third kappa shape index (κ3) is 6.74. The first-order valence-corrected chi connectivity index (χ1v) is 8.93. The highest BCUT2D eigenvalue weighted by atomic mass is 19.3. The van der Waals surface area contributed by atoms with Crippen LogP contribution in [0.2, 0.25) is 0 Å². The van der Waals surface area contributed by atoms with Crippen molar-refractivity contribution in [1.29, 1.82) is 0 Å². The van der Waals surface area contributed by atoms with E-state index in [1.165, 1.54) is 13.2 Å². The van der Waals surface area contributed by atoms with Gasteiger partial charge in [-0.15, -0.1) is 0 Å². The van der Waals surface area contributed by atoms with Crippen molar-refractivity contribution in [3.05, 3.63) is 58.7 Å². The molecule has 0 aliphatic rings. The van der Waals surface area contributed by atoms with Crippen LogP contribution in [0.15, 0.2) is 36.4 Å². The number of aryl methyl sites for hydroxylation is 2. The first-order valence-electron chi connectivity index (χ1n) is 8.93. The number of ether oxygens (including phenoxy) is 3. The number of carbonyl (C=O) groups excluding carboxylic acids is 2. The molecule has 2 aromatic carbocycles. The van der Waals surface area contributed by atoms with Crippen molar-refractivity contribution in [3.63, 3.8) is 0 Å². The smallest absolute Gasteiger partial charge is 0.387 e. The van der Waals surface area contributed by atoms with E-state index in [1.807, 2.05) is 19.9 Å². The number of esters is 1. The van der Waals surface area contributed by atoms with Crippen molar-refractivity contribution in [2.24, 2.45) is 0 Å². The Morgan fingerprint density at radius 3 is 2.45 bits per heavy atom. The lowest BCUT2D eigenvalue weighted by atomic mass is 10.1. The van der Waals surface area contributed by atoms with Crippen molar-refractivity contribution < 1.29 is 32.6 Å². The number of amides is 1. The predicted octanol–water partition coefficient (Wildman–Crippen LogP) is 3.43. The van der Waals surface area contributed by atoms with E-state index in [0.29, 0.717) is 12.0 Å². The van der Waals surface area contributed by atoms with Crippen LogP contribution in [0, 0.1) is 13.8 Å². The molecule has 0 bridgehead atoms. The maximum atomic E-state index is 12.3. The van der Waals surface area contributed by atoms with Crippen LogP contribution in [0.25, 0.3) is 0 Å². The second-order valence-corrected chi connectivity index (χ2v) is 6.34. The minimum atomic E-state index is -2.94. The normalized spacial score (nSPS) is 10.6. The van der Waals surface area contributed by atoms with Gasteiger partial charge in [-0.25, -0.2) is 4.79 Å². The lowest BCUT2D eigenvalue weighted by Gasteiger charge is -2.12. The summed E-state index contributed by atoms with van der Waals surface area (Å²) in [6.07, 6.45) is 0.433. The van der Waals surface area contributed by atoms with Gasteiger partial charge in [-0.1, -0.05) is 12.1 Å². The fourth-order valence-electron chi connectivity index (χ4n) is 2.54. The Bertz CT molecular complexity index is 870. The van der Waals surface area contributed by atoms with Gasteiger partial charge in [0.15, 0.2) is 18.1 Å². The maximum Gasteiger partial charge on any atom is 0.387 e. The molecule has 0 fully saturated rings. The first kappa shape index (κ1) is 22.1. The Morgan fingerprint density at radius 1 is 1.03 bits per heavy atom. The van der Waals surface area contributed by atoms with Gasteiger partial charge in [-0.3, -0.25) is 4.79 Å². The molecule has 1 amide bonds. The number of nitrogens with one attached hydrogen (secondary N) is 1. The average Bonchev–Trinajstić information content (AvgIpc) is 2.68. The Labute approximate surface area is 167 Å². The summed E-state index contributed by atoms with van der Waals surface area (Å²) in [6.45, 7) is 0.766. The van der Waals surface area contributed by atoms with Crippen LogP contribution in [-0.4, -0.2) is 38.7 Å².